The van der Waals surface area contributed by atoms with Crippen LogP contribution in [-0.4, -0.2) is 43.3 Å². The van der Waals surface area contributed by atoms with Crippen molar-refractivity contribution in [3.05, 3.63) is 92.9 Å². The van der Waals surface area contributed by atoms with Crippen LogP contribution in [0, 0.1) is 6.92 Å². The summed E-state index contributed by atoms with van der Waals surface area (Å²) in [6.07, 6.45) is 0. The number of nitrogens with one attached hydrogen (secondary N) is 1. The number of halogens is 3. The Morgan fingerprint density at radius 1 is 0.900 bits per heavy atom. The molecule has 40 heavy (non-hydrogen) atoms. The minimum atomic E-state index is -4.20. The lowest BCUT2D eigenvalue weighted by atomic mass is 10.1. The van der Waals surface area contributed by atoms with Crippen LogP contribution in [-0.2, 0) is 26.2 Å². The van der Waals surface area contributed by atoms with Gasteiger partial charge in [-0.05, 0) is 76.6 Å². The van der Waals surface area contributed by atoms with Gasteiger partial charge in [-0.3, -0.25) is 13.9 Å². The highest BCUT2D eigenvalue weighted by molar-refractivity contribution is 7.92. The van der Waals surface area contributed by atoms with Gasteiger partial charge in [-0.15, -0.1) is 0 Å². The average Bonchev–Trinajstić information content (AvgIpc) is 2.88. The molecule has 0 radical (unpaired) electrons. The topological polar surface area (TPSA) is 86.8 Å². The van der Waals surface area contributed by atoms with Gasteiger partial charge in [0.15, 0.2) is 0 Å². The van der Waals surface area contributed by atoms with Gasteiger partial charge in [0.1, 0.15) is 12.6 Å². The summed E-state index contributed by atoms with van der Waals surface area (Å²) >= 11 is 19.2. The summed E-state index contributed by atoms with van der Waals surface area (Å²) in [5.74, 6) is -1.05. The maximum absolute atomic E-state index is 14.0. The van der Waals surface area contributed by atoms with E-state index in [0.717, 1.165) is 9.87 Å². The van der Waals surface area contributed by atoms with E-state index in [9.17, 15) is 18.0 Å². The molecule has 0 saturated heterocycles. The largest absolute Gasteiger partial charge is 0.350 e. The van der Waals surface area contributed by atoms with Crippen LogP contribution in [0.5, 0.6) is 0 Å². The minimum absolute atomic E-state index is 0.00119. The number of hydrogen-bond donors (Lipinski definition) is 1. The van der Waals surface area contributed by atoms with Gasteiger partial charge < -0.3 is 10.2 Å². The summed E-state index contributed by atoms with van der Waals surface area (Å²) in [7, 11) is -4.20. The first-order chi connectivity index (χ1) is 18.6. The quantitative estimate of drug-likeness (QED) is 0.295. The van der Waals surface area contributed by atoms with Gasteiger partial charge in [0.05, 0.1) is 10.6 Å². The average molecular weight is 625 g/mol. The maximum atomic E-state index is 14.0. The Balaban J connectivity index is 2.09. The SMILES string of the molecule is Cc1ccc(N(CC(=O)N(Cc2c(Cl)cccc2Cl)[C@H](C)C(=O)NC(C)(C)C)S(=O)(=O)c2ccccc2)cc1Cl. The second kappa shape index (κ2) is 12.8. The molecule has 7 nitrogen and oxygen atoms in total. The third-order valence-corrected chi connectivity index (χ3v) is 9.01. The normalized spacial score (nSPS) is 12.5. The Labute approximate surface area is 251 Å². The van der Waals surface area contributed by atoms with Crippen LogP contribution in [0.2, 0.25) is 15.1 Å². The maximum Gasteiger partial charge on any atom is 0.264 e. The molecule has 0 spiro atoms. The summed E-state index contributed by atoms with van der Waals surface area (Å²) < 4.78 is 28.7. The number of aryl methyl sites for hydroxylation is 1. The first-order valence-corrected chi connectivity index (χ1v) is 15.1. The molecule has 3 aromatic carbocycles. The summed E-state index contributed by atoms with van der Waals surface area (Å²) in [6, 6.07) is 16.5. The number of carbonyl (C=O) groups is 2. The van der Waals surface area contributed by atoms with Gasteiger partial charge in [-0.25, -0.2) is 8.42 Å². The molecule has 0 aliphatic carbocycles. The third-order valence-electron chi connectivity index (χ3n) is 6.11. The van der Waals surface area contributed by atoms with E-state index in [4.69, 9.17) is 34.8 Å². The molecule has 11 heteroatoms. The molecule has 1 atom stereocenters. The lowest BCUT2D eigenvalue weighted by Crippen LogP contribution is -2.54. The van der Waals surface area contributed by atoms with E-state index in [1.807, 2.05) is 20.8 Å². The van der Waals surface area contributed by atoms with Crippen LogP contribution in [0.3, 0.4) is 0 Å². The van der Waals surface area contributed by atoms with Crippen molar-refractivity contribution in [2.45, 2.75) is 57.6 Å². The fourth-order valence-electron chi connectivity index (χ4n) is 3.90. The van der Waals surface area contributed by atoms with E-state index in [0.29, 0.717) is 20.6 Å². The Kier molecular flexibility index (Phi) is 10.2. The molecule has 0 aliphatic rings. The number of sulfonamides is 1. The van der Waals surface area contributed by atoms with Crippen LogP contribution >= 0.6 is 34.8 Å². The molecule has 0 heterocycles. The van der Waals surface area contributed by atoms with Crippen LogP contribution in [0.15, 0.2) is 71.6 Å². The van der Waals surface area contributed by atoms with E-state index >= 15 is 0 Å². The predicted molar refractivity (Wildman–Crippen MR) is 162 cm³/mol. The summed E-state index contributed by atoms with van der Waals surface area (Å²) in [5.41, 5.74) is 0.820. The number of benzene rings is 3. The Bertz CT molecular complexity index is 1470. The number of anilines is 1. The lowest BCUT2D eigenvalue weighted by Gasteiger charge is -2.34. The van der Waals surface area contributed by atoms with Crippen LogP contribution < -0.4 is 9.62 Å². The smallest absolute Gasteiger partial charge is 0.264 e. The third kappa shape index (κ3) is 7.69. The molecule has 0 aromatic heterocycles. The van der Waals surface area contributed by atoms with E-state index in [1.165, 1.54) is 23.1 Å². The Morgan fingerprint density at radius 3 is 2.05 bits per heavy atom. The zero-order valence-corrected chi connectivity index (χ0v) is 26.0. The van der Waals surface area contributed by atoms with Crippen molar-refractivity contribution in [2.24, 2.45) is 0 Å². The zero-order valence-electron chi connectivity index (χ0n) is 22.9. The van der Waals surface area contributed by atoms with Crippen molar-refractivity contribution in [3.63, 3.8) is 0 Å². The van der Waals surface area contributed by atoms with Crippen molar-refractivity contribution in [1.82, 2.24) is 10.2 Å². The standard InChI is InChI=1S/C29H32Cl3N3O4S/c1-19-14-15-21(16-26(19)32)35(40(38,39)22-10-7-6-8-11-22)18-27(36)34(20(2)28(37)33-29(3,4)5)17-23-24(30)12-9-13-25(23)31/h6-16,20H,17-18H2,1-5H3,(H,33,37)/t20-/m1/s1. The summed E-state index contributed by atoms with van der Waals surface area (Å²) in [5, 5.41) is 3.84. The van der Waals surface area contributed by atoms with E-state index < -0.39 is 40.0 Å². The molecule has 0 bridgehead atoms. The molecule has 0 unspecified atom stereocenters. The number of rotatable bonds is 9. The Morgan fingerprint density at radius 2 is 1.50 bits per heavy atom. The zero-order chi connectivity index (χ0) is 29.8. The number of carbonyl (C=O) groups excluding carboxylic acids is 2. The lowest BCUT2D eigenvalue weighted by molar-refractivity contribution is -0.140. The fraction of sp³-hybridized carbons (Fsp3) is 0.310. The monoisotopic (exact) mass is 623 g/mol. The van der Waals surface area contributed by atoms with E-state index in [-0.39, 0.29) is 17.1 Å². The second-order valence-electron chi connectivity index (χ2n) is 10.4. The summed E-state index contributed by atoms with van der Waals surface area (Å²) in [6.45, 7) is 8.11. The first-order valence-electron chi connectivity index (χ1n) is 12.5. The highest BCUT2D eigenvalue weighted by Gasteiger charge is 2.34. The van der Waals surface area contributed by atoms with E-state index in [2.05, 4.69) is 5.32 Å². The Hall–Kier alpha value is -2.78. The van der Waals surface area contributed by atoms with Gasteiger partial charge in [-0.2, -0.15) is 0 Å². The number of amides is 2. The predicted octanol–water partition coefficient (Wildman–Crippen LogP) is 6.48. The highest BCUT2D eigenvalue weighted by atomic mass is 35.5. The van der Waals surface area contributed by atoms with Crippen LogP contribution in [0.1, 0.15) is 38.8 Å². The minimum Gasteiger partial charge on any atom is -0.350 e. The van der Waals surface area contributed by atoms with Gasteiger partial charge in [0, 0.05) is 32.7 Å². The molecule has 3 rings (SSSR count). The van der Waals surface area contributed by atoms with Gasteiger partial charge in [0.2, 0.25) is 11.8 Å². The molecule has 1 N–H and O–H groups in total. The molecule has 214 valence electrons. The molecular weight excluding hydrogens is 593 g/mol. The first kappa shape index (κ1) is 31.7. The summed E-state index contributed by atoms with van der Waals surface area (Å²) in [4.78, 5) is 28.5. The van der Waals surface area contributed by atoms with Crippen molar-refractivity contribution < 1.29 is 18.0 Å². The highest BCUT2D eigenvalue weighted by Crippen LogP contribution is 2.30. The van der Waals surface area contributed by atoms with Crippen LogP contribution in [0.25, 0.3) is 0 Å². The number of nitrogens with zero attached hydrogens (tertiary/aromatic N) is 2. The van der Waals surface area contributed by atoms with Crippen molar-refractivity contribution in [1.29, 1.82) is 0 Å². The molecule has 0 aliphatic heterocycles. The van der Waals surface area contributed by atoms with Gasteiger partial charge in [0.25, 0.3) is 10.0 Å². The van der Waals surface area contributed by atoms with Gasteiger partial charge >= 0.3 is 0 Å². The number of hydrogen-bond acceptors (Lipinski definition) is 4. The second-order valence-corrected chi connectivity index (χ2v) is 13.5. The van der Waals surface area contributed by atoms with Crippen molar-refractivity contribution in [3.8, 4) is 0 Å². The molecule has 0 saturated carbocycles. The van der Waals surface area contributed by atoms with Crippen molar-refractivity contribution in [2.75, 3.05) is 10.8 Å². The molecular formula is C29H32Cl3N3O4S. The van der Waals surface area contributed by atoms with Crippen LogP contribution in [0.4, 0.5) is 5.69 Å². The molecule has 0 fully saturated rings. The molecule has 2 amide bonds. The van der Waals surface area contributed by atoms with E-state index in [1.54, 1.807) is 62.4 Å². The molecule has 3 aromatic rings. The van der Waals surface area contributed by atoms with Crippen molar-refractivity contribution >= 4 is 62.3 Å². The van der Waals surface area contributed by atoms with Gasteiger partial charge in [-0.1, -0.05) is 65.1 Å². The fourth-order valence-corrected chi connectivity index (χ4v) is 6.01.